The number of nitrogens with zero attached hydrogens (tertiary/aromatic N) is 2. The highest BCUT2D eigenvalue weighted by molar-refractivity contribution is 6.11. The van der Waals surface area contributed by atoms with Crippen molar-refractivity contribution in [2.24, 2.45) is 0 Å². The average Bonchev–Trinajstić information content (AvgIpc) is 2.91. The van der Waals surface area contributed by atoms with E-state index in [1.807, 2.05) is 48.5 Å². The third-order valence-electron chi connectivity index (χ3n) is 5.67. The summed E-state index contributed by atoms with van der Waals surface area (Å²) in [6.07, 6.45) is 0. The van der Waals surface area contributed by atoms with E-state index in [9.17, 15) is 14.4 Å². The van der Waals surface area contributed by atoms with E-state index in [1.54, 1.807) is 60.7 Å². The van der Waals surface area contributed by atoms with Crippen molar-refractivity contribution in [1.82, 2.24) is 9.78 Å². The van der Waals surface area contributed by atoms with Gasteiger partial charge in [-0.1, -0.05) is 72.8 Å². The van der Waals surface area contributed by atoms with E-state index in [-0.39, 0.29) is 17.8 Å². The molecule has 182 valence electrons. The maximum Gasteiger partial charge on any atom is 0.323 e. The highest BCUT2D eigenvalue weighted by Gasteiger charge is 2.17. The van der Waals surface area contributed by atoms with Gasteiger partial charge in [-0.15, -0.1) is 0 Å². The van der Waals surface area contributed by atoms with Crippen molar-refractivity contribution >= 4 is 39.8 Å². The van der Waals surface area contributed by atoms with Crippen LogP contribution in [0.5, 0.6) is 0 Å². The standard InChI is InChI=1S/C29H23N5O3/c35-27(30-22-14-9-15-23(18-22)32-29(37)31-21-12-5-2-6-13-21)26-24-16-7-8-17-25(24)28(36)34(33-26)19-20-10-3-1-4-11-20/h1-18H,19H2,(H,30,35)(H2,31,32,37). The smallest absolute Gasteiger partial charge is 0.321 e. The molecule has 0 radical (unpaired) electrons. The second-order valence-corrected chi connectivity index (χ2v) is 8.32. The zero-order valence-electron chi connectivity index (χ0n) is 19.7. The zero-order chi connectivity index (χ0) is 25.6. The van der Waals surface area contributed by atoms with Gasteiger partial charge in [0.05, 0.1) is 11.9 Å². The van der Waals surface area contributed by atoms with Crippen LogP contribution in [-0.2, 0) is 6.54 Å². The molecule has 3 amide bonds. The monoisotopic (exact) mass is 489 g/mol. The number of para-hydroxylation sites is 1. The number of urea groups is 1. The Labute approximate surface area is 212 Å². The molecular formula is C29H23N5O3. The van der Waals surface area contributed by atoms with E-state index < -0.39 is 11.9 Å². The number of hydrogen-bond donors (Lipinski definition) is 3. The number of hydrogen-bond acceptors (Lipinski definition) is 4. The molecule has 4 aromatic carbocycles. The fourth-order valence-electron chi connectivity index (χ4n) is 3.95. The SMILES string of the molecule is O=C(Nc1ccccc1)Nc1cccc(NC(=O)c2nn(Cc3ccccc3)c(=O)c3ccccc23)c1. The van der Waals surface area contributed by atoms with Crippen molar-refractivity contribution < 1.29 is 9.59 Å². The molecule has 5 rings (SSSR count). The first-order valence-electron chi connectivity index (χ1n) is 11.6. The Hall–Kier alpha value is -5.24. The van der Waals surface area contributed by atoms with Crippen LogP contribution >= 0.6 is 0 Å². The molecule has 0 atom stereocenters. The quantitative estimate of drug-likeness (QED) is 0.299. The second-order valence-electron chi connectivity index (χ2n) is 8.32. The molecule has 8 heteroatoms. The average molecular weight is 490 g/mol. The van der Waals surface area contributed by atoms with Crippen molar-refractivity contribution in [1.29, 1.82) is 0 Å². The van der Waals surface area contributed by atoms with Crippen LogP contribution in [0.1, 0.15) is 16.1 Å². The van der Waals surface area contributed by atoms with Crippen LogP contribution in [0.15, 0.2) is 114 Å². The van der Waals surface area contributed by atoms with Gasteiger partial charge >= 0.3 is 6.03 Å². The summed E-state index contributed by atoms with van der Waals surface area (Å²) < 4.78 is 1.30. The predicted octanol–water partition coefficient (Wildman–Crippen LogP) is 5.34. The third kappa shape index (κ3) is 5.54. The molecule has 8 nitrogen and oxygen atoms in total. The molecule has 0 aliphatic heterocycles. The lowest BCUT2D eigenvalue weighted by molar-refractivity contribution is 0.102. The zero-order valence-corrected chi connectivity index (χ0v) is 19.7. The van der Waals surface area contributed by atoms with Gasteiger partial charge in [-0.25, -0.2) is 9.48 Å². The summed E-state index contributed by atoms with van der Waals surface area (Å²) in [5, 5.41) is 13.6. The largest absolute Gasteiger partial charge is 0.323 e. The van der Waals surface area contributed by atoms with Crippen LogP contribution in [-0.4, -0.2) is 21.7 Å². The number of fused-ring (bicyclic) bond motifs is 1. The number of carbonyl (C=O) groups excluding carboxylic acids is 2. The Morgan fingerprint density at radius 2 is 1.22 bits per heavy atom. The minimum atomic E-state index is -0.469. The van der Waals surface area contributed by atoms with Gasteiger partial charge in [-0.2, -0.15) is 5.10 Å². The topological polar surface area (TPSA) is 105 Å². The molecular weight excluding hydrogens is 466 g/mol. The molecule has 0 fully saturated rings. The minimum Gasteiger partial charge on any atom is -0.321 e. The van der Waals surface area contributed by atoms with Crippen molar-refractivity contribution in [2.45, 2.75) is 6.54 Å². The highest BCUT2D eigenvalue weighted by atomic mass is 16.2. The minimum absolute atomic E-state index is 0.131. The molecule has 1 aromatic heterocycles. The number of aromatic nitrogens is 2. The molecule has 0 saturated heterocycles. The molecule has 0 aliphatic rings. The van der Waals surface area contributed by atoms with Crippen molar-refractivity contribution in [3.63, 3.8) is 0 Å². The van der Waals surface area contributed by atoms with E-state index in [1.165, 1.54) is 4.68 Å². The van der Waals surface area contributed by atoms with E-state index in [2.05, 4.69) is 21.0 Å². The van der Waals surface area contributed by atoms with Gasteiger partial charge in [0.15, 0.2) is 5.69 Å². The maximum absolute atomic E-state index is 13.3. The van der Waals surface area contributed by atoms with Gasteiger partial charge in [0.1, 0.15) is 0 Å². The lowest BCUT2D eigenvalue weighted by Crippen LogP contribution is -2.28. The molecule has 0 aliphatic carbocycles. The number of anilines is 3. The van der Waals surface area contributed by atoms with Gasteiger partial charge in [0.25, 0.3) is 11.5 Å². The van der Waals surface area contributed by atoms with E-state index in [4.69, 9.17) is 0 Å². The molecule has 0 saturated carbocycles. The number of amides is 3. The predicted molar refractivity (Wildman–Crippen MR) is 145 cm³/mol. The Morgan fingerprint density at radius 3 is 1.95 bits per heavy atom. The van der Waals surface area contributed by atoms with Crippen LogP contribution in [0.3, 0.4) is 0 Å². The molecule has 37 heavy (non-hydrogen) atoms. The first kappa shape index (κ1) is 23.5. The van der Waals surface area contributed by atoms with E-state index >= 15 is 0 Å². The van der Waals surface area contributed by atoms with Crippen LogP contribution in [0.2, 0.25) is 0 Å². The van der Waals surface area contributed by atoms with Gasteiger partial charge in [-0.3, -0.25) is 9.59 Å². The van der Waals surface area contributed by atoms with Crippen LogP contribution < -0.4 is 21.5 Å². The van der Waals surface area contributed by atoms with Crippen LogP contribution in [0, 0.1) is 0 Å². The molecule has 0 unspecified atom stereocenters. The van der Waals surface area contributed by atoms with Gasteiger partial charge in [0.2, 0.25) is 0 Å². The Kier molecular flexibility index (Phi) is 6.72. The van der Waals surface area contributed by atoms with Gasteiger partial charge in [0, 0.05) is 22.4 Å². The van der Waals surface area contributed by atoms with Gasteiger partial charge in [-0.05, 0) is 42.0 Å². The lowest BCUT2D eigenvalue weighted by atomic mass is 10.1. The molecule has 0 spiro atoms. The summed E-state index contributed by atoms with van der Waals surface area (Å²) in [7, 11) is 0. The summed E-state index contributed by atoms with van der Waals surface area (Å²) in [6, 6.07) is 31.8. The summed E-state index contributed by atoms with van der Waals surface area (Å²) in [6.45, 7) is 0.237. The lowest BCUT2D eigenvalue weighted by Gasteiger charge is -2.12. The molecule has 1 heterocycles. The van der Waals surface area contributed by atoms with Gasteiger partial charge < -0.3 is 16.0 Å². The summed E-state index contributed by atoms with van der Waals surface area (Å²) in [5.41, 5.74) is 2.38. The Morgan fingerprint density at radius 1 is 0.649 bits per heavy atom. The summed E-state index contributed by atoms with van der Waals surface area (Å²) >= 11 is 0. The summed E-state index contributed by atoms with van der Waals surface area (Å²) in [4.78, 5) is 38.7. The third-order valence-corrected chi connectivity index (χ3v) is 5.67. The maximum atomic E-state index is 13.3. The first-order valence-corrected chi connectivity index (χ1v) is 11.6. The molecule has 5 aromatic rings. The molecule has 0 bridgehead atoms. The number of nitrogens with one attached hydrogen (secondary N) is 3. The van der Waals surface area contributed by atoms with Crippen LogP contribution in [0.25, 0.3) is 10.8 Å². The highest BCUT2D eigenvalue weighted by Crippen LogP contribution is 2.19. The van der Waals surface area contributed by atoms with E-state index in [0.29, 0.717) is 27.8 Å². The normalized spacial score (nSPS) is 10.6. The summed E-state index contributed by atoms with van der Waals surface area (Å²) in [5.74, 6) is -0.469. The first-order chi connectivity index (χ1) is 18.1. The number of rotatable bonds is 6. The van der Waals surface area contributed by atoms with Crippen LogP contribution in [0.4, 0.5) is 21.9 Å². The number of benzene rings is 4. The van der Waals surface area contributed by atoms with Crippen molar-refractivity contribution in [3.8, 4) is 0 Å². The fourth-order valence-corrected chi connectivity index (χ4v) is 3.95. The second kappa shape index (κ2) is 10.6. The Bertz CT molecular complexity index is 1630. The Balaban J connectivity index is 1.39. The fraction of sp³-hybridized carbons (Fsp3) is 0.0345. The van der Waals surface area contributed by atoms with Crippen molar-refractivity contribution in [3.05, 3.63) is 131 Å². The van der Waals surface area contributed by atoms with E-state index in [0.717, 1.165) is 5.56 Å². The molecule has 3 N–H and O–H groups in total. The van der Waals surface area contributed by atoms with Crippen molar-refractivity contribution in [2.75, 3.05) is 16.0 Å². The number of carbonyl (C=O) groups is 2.